The van der Waals surface area contributed by atoms with Gasteiger partial charge in [-0.25, -0.2) is 4.98 Å². The zero-order chi connectivity index (χ0) is 17.7. The lowest BCUT2D eigenvalue weighted by Gasteiger charge is -2.19. The number of rotatable bonds is 7. The summed E-state index contributed by atoms with van der Waals surface area (Å²) in [6.07, 6.45) is 1.59. The molecule has 5 heteroatoms. The van der Waals surface area contributed by atoms with Crippen molar-refractivity contribution < 1.29 is 9.47 Å². The van der Waals surface area contributed by atoms with Crippen LogP contribution in [0.25, 0.3) is 0 Å². The van der Waals surface area contributed by atoms with Crippen molar-refractivity contribution in [1.29, 1.82) is 0 Å². The quantitative estimate of drug-likeness (QED) is 0.741. The third-order valence-electron chi connectivity index (χ3n) is 4.06. The summed E-state index contributed by atoms with van der Waals surface area (Å²) in [5.41, 5.74) is 4.32. The van der Waals surface area contributed by atoms with Crippen molar-refractivity contribution in [3.63, 3.8) is 0 Å². The van der Waals surface area contributed by atoms with Crippen LogP contribution < -0.4 is 4.74 Å². The smallest absolute Gasteiger partial charge is 0.220 e. The molecule has 1 aromatic carbocycles. The molecule has 4 nitrogen and oxygen atoms in total. The summed E-state index contributed by atoms with van der Waals surface area (Å²) in [4.78, 5) is 9.09. The molecule has 0 aliphatic rings. The van der Waals surface area contributed by atoms with Gasteiger partial charge in [0.1, 0.15) is 11.9 Å². The van der Waals surface area contributed by atoms with Crippen LogP contribution in [0.1, 0.15) is 41.6 Å². The van der Waals surface area contributed by atoms with Gasteiger partial charge in [-0.1, -0.05) is 24.6 Å². The first-order valence-corrected chi connectivity index (χ1v) is 8.57. The molecule has 2 aromatic rings. The van der Waals surface area contributed by atoms with Crippen molar-refractivity contribution >= 4 is 11.6 Å². The molecule has 1 heterocycles. The van der Waals surface area contributed by atoms with Crippen LogP contribution in [0.3, 0.4) is 0 Å². The normalized spacial score (nSPS) is 12.2. The number of hydrogen-bond donors (Lipinski definition) is 0. The minimum absolute atomic E-state index is 0.00637. The number of aromatic nitrogens is 2. The molecule has 1 aromatic heterocycles. The molecule has 0 bridgehead atoms. The highest BCUT2D eigenvalue weighted by atomic mass is 35.5. The van der Waals surface area contributed by atoms with Crippen LogP contribution >= 0.6 is 11.6 Å². The lowest BCUT2D eigenvalue weighted by atomic mass is 10.0. The average Bonchev–Trinajstić information content (AvgIpc) is 2.53. The second-order valence-corrected chi connectivity index (χ2v) is 6.44. The van der Waals surface area contributed by atoms with E-state index in [1.54, 1.807) is 7.11 Å². The Hall–Kier alpha value is -1.65. The van der Waals surface area contributed by atoms with Crippen molar-refractivity contribution in [2.75, 3.05) is 13.7 Å². The van der Waals surface area contributed by atoms with E-state index in [4.69, 9.17) is 21.1 Å². The van der Waals surface area contributed by atoms with Gasteiger partial charge in [-0.05, 0) is 50.5 Å². The molecule has 0 amide bonds. The van der Waals surface area contributed by atoms with E-state index in [9.17, 15) is 0 Å². The highest BCUT2D eigenvalue weighted by Gasteiger charge is 2.16. The van der Waals surface area contributed by atoms with Crippen molar-refractivity contribution in [3.05, 3.63) is 51.4 Å². The topological polar surface area (TPSA) is 44.2 Å². The summed E-state index contributed by atoms with van der Waals surface area (Å²) in [6, 6.07) is 5.94. The first kappa shape index (κ1) is 18.7. The molecule has 24 heavy (non-hydrogen) atoms. The molecule has 1 unspecified atom stereocenters. The molecule has 0 saturated heterocycles. The SMILES string of the molecule is CCC(COC)Oc1nc(C)nc(Cc2ccc(Cl)cc2C)c1C. The highest BCUT2D eigenvalue weighted by molar-refractivity contribution is 6.30. The van der Waals surface area contributed by atoms with Crippen molar-refractivity contribution in [2.24, 2.45) is 0 Å². The summed E-state index contributed by atoms with van der Waals surface area (Å²) >= 11 is 6.05. The number of ether oxygens (including phenoxy) is 2. The summed E-state index contributed by atoms with van der Waals surface area (Å²) in [5.74, 6) is 1.36. The fourth-order valence-corrected chi connectivity index (χ4v) is 2.79. The zero-order valence-corrected chi connectivity index (χ0v) is 15.8. The molecule has 130 valence electrons. The minimum atomic E-state index is -0.00637. The van der Waals surface area contributed by atoms with Crippen LogP contribution in [0.5, 0.6) is 5.88 Å². The van der Waals surface area contributed by atoms with E-state index in [1.165, 1.54) is 5.56 Å². The lowest BCUT2D eigenvalue weighted by molar-refractivity contribution is 0.0748. The van der Waals surface area contributed by atoms with Gasteiger partial charge >= 0.3 is 0 Å². The summed E-state index contributed by atoms with van der Waals surface area (Å²) in [6.45, 7) is 8.58. The summed E-state index contributed by atoms with van der Waals surface area (Å²) in [5, 5.41) is 0.751. The van der Waals surface area contributed by atoms with Gasteiger partial charge in [0.2, 0.25) is 5.88 Å². The molecular formula is C19H25ClN2O2. The van der Waals surface area contributed by atoms with E-state index in [0.717, 1.165) is 34.7 Å². The van der Waals surface area contributed by atoms with Crippen molar-refractivity contribution in [3.8, 4) is 5.88 Å². The van der Waals surface area contributed by atoms with Crippen molar-refractivity contribution in [1.82, 2.24) is 9.97 Å². The van der Waals surface area contributed by atoms with Crippen LogP contribution in [-0.2, 0) is 11.2 Å². The maximum atomic E-state index is 6.05. The second-order valence-electron chi connectivity index (χ2n) is 6.00. The molecule has 2 rings (SSSR count). The van der Waals surface area contributed by atoms with Gasteiger partial charge in [0.15, 0.2) is 0 Å². The zero-order valence-electron chi connectivity index (χ0n) is 15.0. The fourth-order valence-electron chi connectivity index (χ4n) is 2.56. The number of aryl methyl sites for hydroxylation is 2. The molecule has 0 N–H and O–H groups in total. The van der Waals surface area contributed by atoms with E-state index in [1.807, 2.05) is 26.0 Å². The molecule has 0 aliphatic heterocycles. The number of benzene rings is 1. The molecule has 0 aliphatic carbocycles. The maximum Gasteiger partial charge on any atom is 0.220 e. The predicted octanol–water partition coefficient (Wildman–Crippen LogP) is 4.45. The first-order chi connectivity index (χ1) is 11.4. The number of halogens is 1. The van der Waals surface area contributed by atoms with Crippen LogP contribution in [0.15, 0.2) is 18.2 Å². The van der Waals surface area contributed by atoms with Gasteiger partial charge < -0.3 is 9.47 Å². The third-order valence-corrected chi connectivity index (χ3v) is 4.30. The Kier molecular flexibility index (Phi) is 6.58. The van der Waals surface area contributed by atoms with Gasteiger partial charge in [-0.15, -0.1) is 0 Å². The predicted molar refractivity (Wildman–Crippen MR) is 97.1 cm³/mol. The van der Waals surface area contributed by atoms with Crippen molar-refractivity contribution in [2.45, 2.75) is 46.6 Å². The van der Waals surface area contributed by atoms with Gasteiger partial charge in [-0.3, -0.25) is 0 Å². The average molecular weight is 349 g/mol. The molecular weight excluding hydrogens is 324 g/mol. The van der Waals surface area contributed by atoms with E-state index in [2.05, 4.69) is 29.9 Å². The molecule has 0 radical (unpaired) electrons. The Morgan fingerprint density at radius 2 is 1.92 bits per heavy atom. The molecule has 0 spiro atoms. The van der Waals surface area contributed by atoms with E-state index in [0.29, 0.717) is 18.3 Å². The molecule has 0 saturated carbocycles. The monoisotopic (exact) mass is 348 g/mol. The molecule has 0 fully saturated rings. The van der Waals surface area contributed by atoms with Crippen LogP contribution in [0.4, 0.5) is 0 Å². The summed E-state index contributed by atoms with van der Waals surface area (Å²) in [7, 11) is 1.68. The summed E-state index contributed by atoms with van der Waals surface area (Å²) < 4.78 is 11.3. The second kappa shape index (κ2) is 8.45. The van der Waals surface area contributed by atoms with Gasteiger partial charge in [0.25, 0.3) is 0 Å². The maximum absolute atomic E-state index is 6.05. The highest BCUT2D eigenvalue weighted by Crippen LogP contribution is 2.24. The van der Waals surface area contributed by atoms with E-state index in [-0.39, 0.29) is 6.10 Å². The third kappa shape index (κ3) is 4.68. The van der Waals surface area contributed by atoms with Crippen LogP contribution in [-0.4, -0.2) is 29.8 Å². The fraction of sp³-hybridized carbons (Fsp3) is 0.474. The minimum Gasteiger partial charge on any atom is -0.472 e. The Labute approximate surface area is 149 Å². The number of hydrogen-bond acceptors (Lipinski definition) is 4. The first-order valence-electron chi connectivity index (χ1n) is 8.19. The molecule has 1 atom stereocenters. The standard InChI is InChI=1S/C19H25ClN2O2/c1-6-17(11-23-5)24-19-13(3)18(21-14(4)22-19)10-15-7-8-16(20)9-12(15)2/h7-9,17H,6,10-11H2,1-5H3. The number of nitrogens with zero attached hydrogens (tertiary/aromatic N) is 2. The largest absolute Gasteiger partial charge is 0.472 e. The Morgan fingerprint density at radius 1 is 1.17 bits per heavy atom. The Balaban J connectivity index is 2.30. The van der Waals surface area contributed by atoms with Crippen LogP contribution in [0.2, 0.25) is 5.02 Å². The lowest BCUT2D eigenvalue weighted by Crippen LogP contribution is -2.23. The van der Waals surface area contributed by atoms with Crippen LogP contribution in [0, 0.1) is 20.8 Å². The van der Waals surface area contributed by atoms with Gasteiger partial charge in [0, 0.05) is 24.1 Å². The Morgan fingerprint density at radius 3 is 2.54 bits per heavy atom. The van der Waals surface area contributed by atoms with E-state index < -0.39 is 0 Å². The Bertz CT molecular complexity index is 704. The van der Waals surface area contributed by atoms with Gasteiger partial charge in [-0.2, -0.15) is 4.98 Å². The van der Waals surface area contributed by atoms with Gasteiger partial charge in [0.05, 0.1) is 12.3 Å². The number of methoxy groups -OCH3 is 1. The van der Waals surface area contributed by atoms with E-state index >= 15 is 0 Å².